The highest BCUT2D eigenvalue weighted by Gasteiger charge is 2.35. The van der Waals surface area contributed by atoms with E-state index in [1.54, 1.807) is 12.1 Å². The smallest absolute Gasteiger partial charge is 0.261 e. The molecule has 2 heterocycles. The molecule has 0 spiro atoms. The zero-order valence-corrected chi connectivity index (χ0v) is 25.7. The van der Waals surface area contributed by atoms with Gasteiger partial charge in [0.2, 0.25) is 0 Å². The van der Waals surface area contributed by atoms with Crippen molar-refractivity contribution in [3.05, 3.63) is 154 Å². The van der Waals surface area contributed by atoms with E-state index < -0.39 is 0 Å². The summed E-state index contributed by atoms with van der Waals surface area (Å²) in [5, 5.41) is 0. The predicted octanol–water partition coefficient (Wildman–Crippen LogP) is 7.43. The van der Waals surface area contributed by atoms with Gasteiger partial charge in [-0.2, -0.15) is 0 Å². The first-order chi connectivity index (χ1) is 22.3. The molecule has 0 N–H and O–H groups in total. The van der Waals surface area contributed by atoms with E-state index in [0.29, 0.717) is 48.2 Å². The Hall–Kier alpha value is -5.62. The summed E-state index contributed by atoms with van der Waals surface area (Å²) >= 11 is 0. The van der Waals surface area contributed by atoms with E-state index in [0.717, 1.165) is 44.5 Å². The van der Waals surface area contributed by atoms with Gasteiger partial charge in [0.25, 0.3) is 23.6 Å². The Morgan fingerprint density at radius 3 is 1.15 bits per heavy atom. The summed E-state index contributed by atoms with van der Waals surface area (Å²) in [5.74, 6) is -0.858. The van der Waals surface area contributed by atoms with E-state index in [2.05, 4.69) is 72.8 Å². The average molecular weight is 605 g/mol. The van der Waals surface area contributed by atoms with Crippen LogP contribution in [0.5, 0.6) is 0 Å². The minimum Gasteiger partial charge on any atom is -0.275 e. The fourth-order valence-corrected chi connectivity index (χ4v) is 6.45. The van der Waals surface area contributed by atoms with Crippen molar-refractivity contribution in [1.29, 1.82) is 0 Å². The van der Waals surface area contributed by atoms with Crippen LogP contribution in [0.1, 0.15) is 77.5 Å². The fourth-order valence-electron chi connectivity index (χ4n) is 6.45. The molecule has 6 heteroatoms. The Balaban J connectivity index is 1.04. The molecule has 2 aliphatic rings. The number of carbonyl (C=O) groups is 4. The van der Waals surface area contributed by atoms with E-state index >= 15 is 0 Å². The van der Waals surface area contributed by atoms with Crippen molar-refractivity contribution in [3.8, 4) is 22.3 Å². The molecular formula is C40H32N2O4. The number of nitrogens with zero attached hydrogens (tertiary/aromatic N) is 2. The molecule has 0 aliphatic carbocycles. The summed E-state index contributed by atoms with van der Waals surface area (Å²) in [6, 6.07) is 36.5. The first-order valence-corrected chi connectivity index (χ1v) is 15.6. The lowest BCUT2D eigenvalue weighted by atomic mass is 9.95. The van der Waals surface area contributed by atoms with Gasteiger partial charge >= 0.3 is 0 Å². The first-order valence-electron chi connectivity index (χ1n) is 15.6. The van der Waals surface area contributed by atoms with Crippen LogP contribution in [0.15, 0.2) is 109 Å². The summed E-state index contributed by atoms with van der Waals surface area (Å²) in [6.45, 7) is 4.37. The van der Waals surface area contributed by atoms with E-state index in [-0.39, 0.29) is 23.6 Å². The van der Waals surface area contributed by atoms with Crippen LogP contribution in [-0.2, 0) is 12.8 Å². The maximum absolute atomic E-state index is 12.6. The molecule has 2 aliphatic heterocycles. The van der Waals surface area contributed by atoms with Crippen LogP contribution in [0.25, 0.3) is 22.3 Å². The second kappa shape index (κ2) is 11.7. The van der Waals surface area contributed by atoms with E-state index in [4.69, 9.17) is 0 Å². The molecule has 0 fully saturated rings. The maximum Gasteiger partial charge on any atom is 0.261 e. The highest BCUT2D eigenvalue weighted by Crippen LogP contribution is 2.30. The lowest BCUT2D eigenvalue weighted by Gasteiger charge is -2.09. The molecule has 0 radical (unpaired) electrons. The zero-order chi connectivity index (χ0) is 31.9. The Labute approximate surface area is 267 Å². The van der Waals surface area contributed by atoms with Gasteiger partial charge in [-0.15, -0.1) is 0 Å². The normalized spacial score (nSPS) is 13.9. The van der Waals surface area contributed by atoms with Gasteiger partial charge in [-0.05, 0) is 102 Å². The summed E-state index contributed by atoms with van der Waals surface area (Å²) in [4.78, 5) is 52.7. The highest BCUT2D eigenvalue weighted by molar-refractivity contribution is 6.22. The standard InChI is InChI=1S/C40H32N2O4/c1-3-41-37(43)33-18-12-27(22-35(33)39(41)45)20-25-8-14-29(15-9-25)31-6-5-7-32(24-31)30-16-10-26(11-17-30)21-28-13-19-34-36(23-28)40(46)42(4-2)38(34)44/h5-19,22-24H,3-4,20-21H2,1-2H3. The quantitative estimate of drug-likeness (QED) is 0.173. The van der Waals surface area contributed by atoms with Gasteiger partial charge in [-0.1, -0.05) is 78.9 Å². The third-order valence-corrected chi connectivity index (χ3v) is 8.96. The van der Waals surface area contributed by atoms with Crippen LogP contribution >= 0.6 is 0 Å². The minimum absolute atomic E-state index is 0.214. The Morgan fingerprint density at radius 1 is 0.391 bits per heavy atom. The third-order valence-electron chi connectivity index (χ3n) is 8.96. The summed E-state index contributed by atoms with van der Waals surface area (Å²) in [7, 11) is 0. The largest absolute Gasteiger partial charge is 0.275 e. The van der Waals surface area contributed by atoms with Gasteiger partial charge in [-0.3, -0.25) is 29.0 Å². The number of imide groups is 2. The molecule has 0 saturated heterocycles. The van der Waals surface area contributed by atoms with E-state index in [1.165, 1.54) is 9.80 Å². The molecule has 0 aromatic heterocycles. The molecule has 4 amide bonds. The number of carbonyl (C=O) groups excluding carboxylic acids is 4. The minimum atomic E-state index is -0.215. The number of fused-ring (bicyclic) bond motifs is 2. The number of amides is 4. The van der Waals surface area contributed by atoms with Crippen molar-refractivity contribution in [2.24, 2.45) is 0 Å². The van der Waals surface area contributed by atoms with Crippen LogP contribution in [0.2, 0.25) is 0 Å². The molecule has 5 aromatic rings. The van der Waals surface area contributed by atoms with Crippen LogP contribution < -0.4 is 0 Å². The Kier molecular flexibility index (Phi) is 7.41. The molecule has 5 aromatic carbocycles. The molecule has 0 bridgehead atoms. The zero-order valence-electron chi connectivity index (χ0n) is 25.7. The second-order valence-electron chi connectivity index (χ2n) is 11.8. The lowest BCUT2D eigenvalue weighted by molar-refractivity contribution is 0.0647. The van der Waals surface area contributed by atoms with E-state index in [1.807, 2.05) is 38.1 Å². The van der Waals surface area contributed by atoms with E-state index in [9.17, 15) is 19.2 Å². The lowest BCUT2D eigenvalue weighted by Crippen LogP contribution is -2.29. The molecular weight excluding hydrogens is 572 g/mol. The maximum atomic E-state index is 12.6. The second-order valence-corrected chi connectivity index (χ2v) is 11.8. The number of rotatable bonds is 8. The first kappa shape index (κ1) is 29.1. The van der Waals surface area contributed by atoms with Crippen LogP contribution in [0, 0.1) is 0 Å². The number of benzene rings is 5. The number of hydrogen-bond acceptors (Lipinski definition) is 4. The van der Waals surface area contributed by atoms with Crippen molar-refractivity contribution in [3.63, 3.8) is 0 Å². The predicted molar refractivity (Wildman–Crippen MR) is 178 cm³/mol. The molecule has 7 rings (SSSR count). The van der Waals surface area contributed by atoms with Crippen LogP contribution in [0.4, 0.5) is 0 Å². The number of hydrogen-bond donors (Lipinski definition) is 0. The molecule has 226 valence electrons. The SMILES string of the molecule is CCN1C(=O)c2ccc(Cc3ccc(-c4cccc(-c5ccc(Cc6ccc7c(c6)C(=O)N(CC)C7=O)cc5)c4)cc3)cc2C1=O. The van der Waals surface area contributed by atoms with Gasteiger partial charge in [0.1, 0.15) is 0 Å². The van der Waals surface area contributed by atoms with Gasteiger partial charge in [0.15, 0.2) is 0 Å². The van der Waals surface area contributed by atoms with Crippen LogP contribution in [-0.4, -0.2) is 46.5 Å². The molecule has 6 nitrogen and oxygen atoms in total. The Bertz CT molecular complexity index is 1900. The van der Waals surface area contributed by atoms with Crippen molar-refractivity contribution in [2.45, 2.75) is 26.7 Å². The Morgan fingerprint density at radius 2 is 0.761 bits per heavy atom. The molecule has 0 unspecified atom stereocenters. The van der Waals surface area contributed by atoms with Crippen molar-refractivity contribution in [1.82, 2.24) is 9.80 Å². The average Bonchev–Trinajstić information content (AvgIpc) is 3.47. The van der Waals surface area contributed by atoms with Crippen molar-refractivity contribution >= 4 is 23.6 Å². The van der Waals surface area contributed by atoms with Gasteiger partial charge in [0.05, 0.1) is 22.3 Å². The summed E-state index contributed by atoms with van der Waals surface area (Å²) in [5.41, 5.74) is 10.7. The third kappa shape index (κ3) is 5.12. The van der Waals surface area contributed by atoms with Gasteiger partial charge in [-0.25, -0.2) is 0 Å². The van der Waals surface area contributed by atoms with Gasteiger partial charge in [0, 0.05) is 13.1 Å². The summed E-state index contributed by atoms with van der Waals surface area (Å²) < 4.78 is 0. The molecule has 0 atom stereocenters. The summed E-state index contributed by atoms with van der Waals surface area (Å²) in [6.07, 6.45) is 1.34. The fraction of sp³-hybridized carbons (Fsp3) is 0.150. The molecule has 46 heavy (non-hydrogen) atoms. The van der Waals surface area contributed by atoms with Crippen molar-refractivity contribution < 1.29 is 19.2 Å². The highest BCUT2D eigenvalue weighted by atomic mass is 16.2. The van der Waals surface area contributed by atoms with Gasteiger partial charge < -0.3 is 0 Å². The van der Waals surface area contributed by atoms with Crippen LogP contribution in [0.3, 0.4) is 0 Å². The van der Waals surface area contributed by atoms with Crippen molar-refractivity contribution in [2.75, 3.05) is 13.1 Å². The molecule has 0 saturated carbocycles. The monoisotopic (exact) mass is 604 g/mol. The topological polar surface area (TPSA) is 74.8 Å².